The average Bonchev–Trinajstić information content (AvgIpc) is 3.79. The van der Waals surface area contributed by atoms with E-state index in [2.05, 4.69) is 43.0 Å². The van der Waals surface area contributed by atoms with E-state index in [9.17, 15) is 22.5 Å². The number of aryl methyl sites for hydroxylation is 2. The van der Waals surface area contributed by atoms with Crippen molar-refractivity contribution >= 4 is 21.3 Å². The summed E-state index contributed by atoms with van der Waals surface area (Å²) in [6.45, 7) is 0.395. The van der Waals surface area contributed by atoms with E-state index in [1.807, 2.05) is 24.3 Å². The molecular formula is C31H34F3N3O3S. The number of fused-ring (bicyclic) bond motifs is 2. The van der Waals surface area contributed by atoms with E-state index in [1.54, 1.807) is 0 Å². The topological polar surface area (TPSA) is 74.2 Å². The molecule has 2 fully saturated rings. The number of nitrogens with one attached hydrogen (secondary N) is 1. The lowest BCUT2D eigenvalue weighted by Gasteiger charge is -2.43. The van der Waals surface area contributed by atoms with Crippen LogP contribution < -0.4 is 14.4 Å². The number of nitrogens with zero attached hydrogens (tertiary/aromatic N) is 2. The van der Waals surface area contributed by atoms with E-state index in [0.29, 0.717) is 18.9 Å². The number of rotatable bonds is 7. The first kappa shape index (κ1) is 28.1. The number of benzene rings is 3. The predicted molar refractivity (Wildman–Crippen MR) is 153 cm³/mol. The van der Waals surface area contributed by atoms with Gasteiger partial charge in [-0.25, -0.2) is 13.3 Å². The molecular weight excluding hydrogens is 551 g/mol. The smallest absolute Gasteiger partial charge is 0.406 e. The fourth-order valence-electron chi connectivity index (χ4n) is 5.96. The van der Waals surface area contributed by atoms with Gasteiger partial charge in [0.25, 0.3) is 0 Å². The quantitative estimate of drug-likeness (QED) is 0.330. The molecule has 2 aliphatic carbocycles. The van der Waals surface area contributed by atoms with Crippen molar-refractivity contribution in [3.05, 3.63) is 83.9 Å². The molecule has 0 spiro atoms. The fourth-order valence-corrected chi connectivity index (χ4v) is 7.91. The number of anilines is 2. The van der Waals surface area contributed by atoms with Gasteiger partial charge in [-0.05, 0) is 98.4 Å². The summed E-state index contributed by atoms with van der Waals surface area (Å²) in [5.41, 5.74) is 4.58. The van der Waals surface area contributed by atoms with Gasteiger partial charge in [0.1, 0.15) is 15.7 Å². The van der Waals surface area contributed by atoms with Crippen LogP contribution in [0.15, 0.2) is 82.1 Å². The molecule has 4 atom stereocenters. The second-order valence-electron chi connectivity index (χ2n) is 11.1. The number of ether oxygens (including phenoxy) is 1. The van der Waals surface area contributed by atoms with Crippen LogP contribution in [-0.2, 0) is 22.8 Å². The normalized spacial score (nSPS) is 24.0. The third kappa shape index (κ3) is 6.24. The molecule has 6 nitrogen and oxygen atoms in total. The molecule has 41 heavy (non-hydrogen) atoms. The Morgan fingerprint density at radius 2 is 1.51 bits per heavy atom. The first-order chi connectivity index (χ1) is 19.7. The van der Waals surface area contributed by atoms with Crippen LogP contribution in [0.2, 0.25) is 0 Å². The molecule has 2 N–H and O–H groups in total. The molecule has 218 valence electrons. The van der Waals surface area contributed by atoms with Gasteiger partial charge < -0.3 is 14.7 Å². The lowest BCUT2D eigenvalue weighted by Crippen LogP contribution is -2.55. The SMILES string of the molecule is O=S(=NCC1CC1)(N[C@@H]1CCC[C@@H](N2c3ccccc3CCc3ccccc32)[C@H]1O)c1ccc(OC(F)(F)F)cc1. The summed E-state index contributed by atoms with van der Waals surface area (Å²) in [5, 5.41) is 11.9. The van der Waals surface area contributed by atoms with Gasteiger partial charge in [0.15, 0.2) is 0 Å². The highest BCUT2D eigenvalue weighted by Crippen LogP contribution is 2.41. The molecule has 1 heterocycles. The monoisotopic (exact) mass is 585 g/mol. The first-order valence-corrected chi connectivity index (χ1v) is 15.7. The number of halogens is 3. The molecule has 6 rings (SSSR count). The third-order valence-electron chi connectivity index (χ3n) is 8.22. The Morgan fingerprint density at radius 3 is 2.10 bits per heavy atom. The van der Waals surface area contributed by atoms with Crippen LogP contribution in [0.1, 0.15) is 43.2 Å². The number of aliphatic hydroxyl groups excluding tert-OH is 1. The Bertz CT molecular complexity index is 1450. The highest BCUT2D eigenvalue weighted by atomic mass is 32.2. The molecule has 0 radical (unpaired) electrons. The van der Waals surface area contributed by atoms with Gasteiger partial charge in [0.2, 0.25) is 0 Å². The molecule has 2 saturated carbocycles. The van der Waals surface area contributed by atoms with E-state index >= 15 is 0 Å². The maximum atomic E-state index is 14.4. The Kier molecular flexibility index (Phi) is 7.74. The highest BCUT2D eigenvalue weighted by Gasteiger charge is 2.40. The van der Waals surface area contributed by atoms with Gasteiger partial charge >= 0.3 is 6.36 Å². The number of aliphatic hydroxyl groups is 1. The Morgan fingerprint density at radius 1 is 0.902 bits per heavy atom. The van der Waals surface area contributed by atoms with Gasteiger partial charge in [-0.2, -0.15) is 0 Å². The maximum absolute atomic E-state index is 14.4. The fraction of sp³-hybridized carbons (Fsp3) is 0.419. The number of alkyl halides is 3. The molecule has 1 aliphatic heterocycles. The number of para-hydroxylation sites is 2. The summed E-state index contributed by atoms with van der Waals surface area (Å²) in [4.78, 5) is 2.52. The predicted octanol–water partition coefficient (Wildman–Crippen LogP) is 6.55. The minimum absolute atomic E-state index is 0.267. The molecule has 0 bridgehead atoms. The van der Waals surface area contributed by atoms with Crippen molar-refractivity contribution in [3.8, 4) is 5.75 Å². The van der Waals surface area contributed by atoms with Crippen molar-refractivity contribution in [2.24, 2.45) is 10.3 Å². The van der Waals surface area contributed by atoms with E-state index in [4.69, 9.17) is 0 Å². The van der Waals surface area contributed by atoms with Gasteiger partial charge in [0, 0.05) is 17.4 Å². The minimum atomic E-state index is -4.82. The molecule has 0 saturated heterocycles. The van der Waals surface area contributed by atoms with Crippen molar-refractivity contribution in [1.82, 2.24) is 4.72 Å². The Hall–Kier alpha value is -3.08. The van der Waals surface area contributed by atoms with Crippen molar-refractivity contribution in [3.63, 3.8) is 0 Å². The standard InChI is InChI=1S/C31H34F3N3O3S/c32-31(33,34)40-24-16-18-25(19-17-24)41(39,35-20-21-12-13-21)36-26-8-5-11-29(30(26)38)37-27-9-3-1-6-22(27)14-15-23-7-2-4-10-28(23)37/h1-4,6-7,9-10,16-19,21,26,29-30,38H,5,8,11-15,20H2,(H,35,36,39)/t26-,29-,30+,41?/m1/s1. The van der Waals surface area contributed by atoms with E-state index in [1.165, 1.54) is 23.3 Å². The molecule has 1 unspecified atom stereocenters. The van der Waals surface area contributed by atoms with Gasteiger partial charge in [-0.3, -0.25) is 0 Å². The highest BCUT2D eigenvalue weighted by molar-refractivity contribution is 7.91. The van der Waals surface area contributed by atoms with Gasteiger partial charge in [0.05, 0.1) is 23.6 Å². The number of hydrogen-bond acceptors (Lipinski definition) is 5. The zero-order valence-corrected chi connectivity index (χ0v) is 23.4. The van der Waals surface area contributed by atoms with Crippen LogP contribution in [0, 0.1) is 5.92 Å². The van der Waals surface area contributed by atoms with E-state index < -0.39 is 28.4 Å². The summed E-state index contributed by atoms with van der Waals surface area (Å²) in [6, 6.07) is 20.8. The first-order valence-electron chi connectivity index (χ1n) is 14.2. The van der Waals surface area contributed by atoms with Crippen LogP contribution in [0.5, 0.6) is 5.75 Å². The zero-order valence-electron chi connectivity index (χ0n) is 22.6. The van der Waals surface area contributed by atoms with Crippen molar-refractivity contribution in [1.29, 1.82) is 0 Å². The third-order valence-corrected chi connectivity index (χ3v) is 10.3. The molecule has 0 aromatic heterocycles. The lowest BCUT2D eigenvalue weighted by atomic mass is 9.86. The molecule has 3 aromatic rings. The van der Waals surface area contributed by atoms with Crippen LogP contribution in [0.25, 0.3) is 0 Å². The maximum Gasteiger partial charge on any atom is 0.573 e. The molecule has 3 aromatic carbocycles. The lowest BCUT2D eigenvalue weighted by molar-refractivity contribution is -0.274. The summed E-state index contributed by atoms with van der Waals surface area (Å²) in [6.07, 6.45) is 0.296. The largest absolute Gasteiger partial charge is 0.573 e. The zero-order chi connectivity index (χ0) is 28.6. The summed E-state index contributed by atoms with van der Waals surface area (Å²) in [7, 11) is -3.24. The number of hydrogen-bond donors (Lipinski definition) is 2. The van der Waals surface area contributed by atoms with Crippen LogP contribution in [0.4, 0.5) is 24.5 Å². The average molecular weight is 586 g/mol. The van der Waals surface area contributed by atoms with E-state index in [0.717, 1.165) is 62.0 Å². The van der Waals surface area contributed by atoms with Gasteiger partial charge in [-0.1, -0.05) is 36.4 Å². The minimum Gasteiger partial charge on any atom is -0.406 e. The van der Waals surface area contributed by atoms with Crippen molar-refractivity contribution < 1.29 is 27.2 Å². The second kappa shape index (κ2) is 11.3. The summed E-state index contributed by atoms with van der Waals surface area (Å²) in [5.74, 6) is -0.0268. The van der Waals surface area contributed by atoms with Crippen LogP contribution >= 0.6 is 0 Å². The molecule has 10 heteroatoms. The Labute approximate surface area is 238 Å². The summed E-state index contributed by atoms with van der Waals surface area (Å²) < 4.78 is 64.3. The van der Waals surface area contributed by atoms with E-state index in [-0.39, 0.29) is 16.7 Å². The van der Waals surface area contributed by atoms with Crippen LogP contribution in [0.3, 0.4) is 0 Å². The molecule has 0 amide bonds. The second-order valence-corrected chi connectivity index (χ2v) is 13.2. The molecule has 3 aliphatic rings. The Balaban J connectivity index is 1.31. The summed E-state index contributed by atoms with van der Waals surface area (Å²) >= 11 is 0. The van der Waals surface area contributed by atoms with Gasteiger partial charge in [-0.15, -0.1) is 13.2 Å². The van der Waals surface area contributed by atoms with Crippen molar-refractivity contribution in [2.45, 2.75) is 74.4 Å². The van der Waals surface area contributed by atoms with Crippen molar-refractivity contribution in [2.75, 3.05) is 11.4 Å². The van der Waals surface area contributed by atoms with Crippen LogP contribution in [-0.4, -0.2) is 40.4 Å².